The number of ether oxygens (including phenoxy) is 3. The van der Waals surface area contributed by atoms with Crippen molar-refractivity contribution < 1.29 is 28.6 Å². The summed E-state index contributed by atoms with van der Waals surface area (Å²) in [4.78, 5) is 42.8. The van der Waals surface area contributed by atoms with Gasteiger partial charge in [0.1, 0.15) is 6.54 Å². The largest absolute Gasteiger partial charge is 0.454 e. The van der Waals surface area contributed by atoms with E-state index in [9.17, 15) is 14.4 Å². The van der Waals surface area contributed by atoms with Gasteiger partial charge in [-0.05, 0) is 42.7 Å². The van der Waals surface area contributed by atoms with Gasteiger partial charge in [-0.15, -0.1) is 0 Å². The van der Waals surface area contributed by atoms with Gasteiger partial charge in [0.25, 0.3) is 5.91 Å². The standard InChI is InChI=1S/C26H27N3O6/c30-22(27-13-16-10-11-20-21(12-16)34-15-33-20)14-28-23-18-8-4-5-9-19(18)35-24(23)25(31)29(26(28)32)17-6-2-1-3-7-17/h1-3,6-7,10-12,18-19,23-24H,4-5,8-9,13-15H2,(H,27,30). The molecule has 0 radical (unpaired) electrons. The van der Waals surface area contributed by atoms with Crippen LogP contribution in [-0.4, -0.2) is 54.3 Å². The van der Waals surface area contributed by atoms with Crippen molar-refractivity contribution in [1.29, 1.82) is 0 Å². The second kappa shape index (κ2) is 8.88. The first-order valence-corrected chi connectivity index (χ1v) is 12.1. The number of carbonyl (C=O) groups is 3. The van der Waals surface area contributed by atoms with E-state index in [4.69, 9.17) is 14.2 Å². The van der Waals surface area contributed by atoms with Crippen LogP contribution in [0.4, 0.5) is 10.5 Å². The van der Waals surface area contributed by atoms with E-state index in [1.807, 2.05) is 24.3 Å². The molecule has 2 aromatic rings. The Bertz CT molecular complexity index is 1160. The Morgan fingerprint density at radius 2 is 1.80 bits per heavy atom. The van der Waals surface area contributed by atoms with Gasteiger partial charge < -0.3 is 24.4 Å². The third-order valence-corrected chi connectivity index (χ3v) is 7.34. The average molecular weight is 478 g/mol. The van der Waals surface area contributed by atoms with Gasteiger partial charge in [-0.2, -0.15) is 0 Å². The Morgan fingerprint density at radius 3 is 2.66 bits per heavy atom. The van der Waals surface area contributed by atoms with E-state index in [0.717, 1.165) is 36.1 Å². The Kier molecular flexibility index (Phi) is 5.56. The number of nitrogens with zero attached hydrogens (tertiary/aromatic N) is 2. The lowest BCUT2D eigenvalue weighted by atomic mass is 9.81. The highest BCUT2D eigenvalue weighted by Crippen LogP contribution is 2.43. The van der Waals surface area contributed by atoms with Crippen molar-refractivity contribution in [2.24, 2.45) is 5.92 Å². The predicted molar refractivity (Wildman–Crippen MR) is 125 cm³/mol. The zero-order valence-electron chi connectivity index (χ0n) is 19.2. The number of hydrogen-bond donors (Lipinski definition) is 1. The molecule has 1 aliphatic carbocycles. The minimum absolute atomic E-state index is 0.0567. The molecule has 9 heteroatoms. The first-order chi connectivity index (χ1) is 17.1. The molecule has 182 valence electrons. The van der Waals surface area contributed by atoms with Crippen LogP contribution in [0.3, 0.4) is 0 Å². The lowest BCUT2D eigenvalue weighted by Gasteiger charge is -2.42. The van der Waals surface area contributed by atoms with Crippen LogP contribution >= 0.6 is 0 Å². The number of amides is 4. The number of urea groups is 1. The number of nitrogens with one attached hydrogen (secondary N) is 1. The van der Waals surface area contributed by atoms with Crippen LogP contribution in [-0.2, 0) is 20.9 Å². The highest BCUT2D eigenvalue weighted by Gasteiger charge is 2.58. The van der Waals surface area contributed by atoms with Crippen LogP contribution < -0.4 is 19.7 Å². The number of para-hydroxylation sites is 1. The van der Waals surface area contributed by atoms with Crippen molar-refractivity contribution in [1.82, 2.24) is 10.2 Å². The van der Waals surface area contributed by atoms with Crippen LogP contribution in [0.5, 0.6) is 11.5 Å². The molecule has 4 atom stereocenters. The van der Waals surface area contributed by atoms with Crippen molar-refractivity contribution in [3.05, 3.63) is 54.1 Å². The molecule has 1 N–H and O–H groups in total. The molecule has 3 fully saturated rings. The molecule has 4 unspecified atom stereocenters. The quantitative estimate of drug-likeness (QED) is 0.711. The number of hydrogen-bond acceptors (Lipinski definition) is 6. The maximum Gasteiger partial charge on any atom is 0.332 e. The monoisotopic (exact) mass is 477 g/mol. The van der Waals surface area contributed by atoms with Gasteiger partial charge in [0.15, 0.2) is 17.6 Å². The topological polar surface area (TPSA) is 97.4 Å². The number of anilines is 1. The molecule has 2 saturated heterocycles. The van der Waals surface area contributed by atoms with Gasteiger partial charge in [-0.3, -0.25) is 9.59 Å². The summed E-state index contributed by atoms with van der Waals surface area (Å²) in [5.41, 5.74) is 1.34. The summed E-state index contributed by atoms with van der Waals surface area (Å²) in [7, 11) is 0. The van der Waals surface area contributed by atoms with Gasteiger partial charge in [0.05, 0.1) is 17.8 Å². The van der Waals surface area contributed by atoms with Crippen molar-refractivity contribution >= 4 is 23.5 Å². The van der Waals surface area contributed by atoms with Crippen LogP contribution in [0.2, 0.25) is 0 Å². The van der Waals surface area contributed by atoms with Gasteiger partial charge in [-0.25, -0.2) is 9.69 Å². The second-order valence-electron chi connectivity index (χ2n) is 9.42. The van der Waals surface area contributed by atoms with Gasteiger partial charge in [-0.1, -0.05) is 37.1 Å². The number of benzene rings is 2. The number of fused-ring (bicyclic) bond motifs is 4. The number of rotatable bonds is 5. The highest BCUT2D eigenvalue weighted by atomic mass is 16.7. The summed E-state index contributed by atoms with van der Waals surface area (Å²) in [6.07, 6.45) is 3.00. The molecule has 4 amide bonds. The molecule has 6 rings (SSSR count). The van der Waals surface area contributed by atoms with Crippen LogP contribution in [0.25, 0.3) is 0 Å². The Labute approximate surface area is 202 Å². The summed E-state index contributed by atoms with van der Waals surface area (Å²) in [6, 6.07) is 13.4. The first kappa shape index (κ1) is 21.9. The van der Waals surface area contributed by atoms with E-state index in [1.165, 1.54) is 0 Å². The van der Waals surface area contributed by atoms with Crippen molar-refractivity contribution in [2.75, 3.05) is 18.2 Å². The zero-order valence-corrected chi connectivity index (χ0v) is 19.2. The fourth-order valence-corrected chi connectivity index (χ4v) is 5.70. The molecule has 4 aliphatic rings. The highest BCUT2D eigenvalue weighted by molar-refractivity contribution is 6.18. The fraction of sp³-hybridized carbons (Fsp3) is 0.423. The molecule has 3 heterocycles. The van der Waals surface area contributed by atoms with Crippen LogP contribution in [0.1, 0.15) is 31.2 Å². The fourth-order valence-electron chi connectivity index (χ4n) is 5.70. The van der Waals surface area contributed by atoms with Crippen LogP contribution in [0, 0.1) is 5.92 Å². The molecule has 35 heavy (non-hydrogen) atoms. The number of imide groups is 1. The summed E-state index contributed by atoms with van der Waals surface area (Å²) in [5.74, 6) is 0.739. The first-order valence-electron chi connectivity index (χ1n) is 12.1. The molecule has 2 aromatic carbocycles. The third-order valence-electron chi connectivity index (χ3n) is 7.34. The minimum atomic E-state index is -0.761. The molecule has 0 aromatic heterocycles. The van der Waals surface area contributed by atoms with Crippen molar-refractivity contribution in [3.8, 4) is 11.5 Å². The zero-order chi connectivity index (χ0) is 23.9. The van der Waals surface area contributed by atoms with Gasteiger partial charge >= 0.3 is 6.03 Å². The van der Waals surface area contributed by atoms with E-state index in [0.29, 0.717) is 17.2 Å². The predicted octanol–water partition coefficient (Wildman–Crippen LogP) is 2.83. The Balaban J connectivity index is 1.23. The van der Waals surface area contributed by atoms with Gasteiger partial charge in [0, 0.05) is 12.5 Å². The summed E-state index contributed by atoms with van der Waals surface area (Å²) >= 11 is 0. The summed E-state index contributed by atoms with van der Waals surface area (Å²) in [6.45, 7) is 0.328. The van der Waals surface area contributed by atoms with Crippen molar-refractivity contribution in [3.63, 3.8) is 0 Å². The normalized spacial score (nSPS) is 27.0. The molecule has 0 bridgehead atoms. The minimum Gasteiger partial charge on any atom is -0.454 e. The maximum atomic E-state index is 13.7. The van der Waals surface area contributed by atoms with E-state index < -0.39 is 18.2 Å². The van der Waals surface area contributed by atoms with E-state index >= 15 is 0 Å². The van der Waals surface area contributed by atoms with E-state index in [1.54, 1.807) is 29.2 Å². The van der Waals surface area contributed by atoms with Gasteiger partial charge in [0.2, 0.25) is 12.7 Å². The lowest BCUT2D eigenvalue weighted by molar-refractivity contribution is -0.134. The summed E-state index contributed by atoms with van der Waals surface area (Å²) < 4.78 is 17.0. The Morgan fingerprint density at radius 1 is 1.00 bits per heavy atom. The second-order valence-corrected chi connectivity index (χ2v) is 9.42. The smallest absolute Gasteiger partial charge is 0.332 e. The van der Waals surface area contributed by atoms with E-state index in [2.05, 4.69) is 5.32 Å². The summed E-state index contributed by atoms with van der Waals surface area (Å²) in [5, 5.41) is 2.90. The van der Waals surface area contributed by atoms with Crippen LogP contribution in [0.15, 0.2) is 48.5 Å². The molecule has 3 aliphatic heterocycles. The Hall–Kier alpha value is -3.59. The van der Waals surface area contributed by atoms with Crippen molar-refractivity contribution in [2.45, 2.75) is 50.5 Å². The third kappa shape index (κ3) is 3.89. The average Bonchev–Trinajstić information content (AvgIpc) is 3.51. The maximum absolute atomic E-state index is 13.7. The van der Waals surface area contributed by atoms with E-state index in [-0.39, 0.29) is 43.7 Å². The number of carbonyl (C=O) groups excluding carboxylic acids is 3. The lowest BCUT2D eigenvalue weighted by Crippen LogP contribution is -2.66. The molecule has 9 nitrogen and oxygen atoms in total. The molecule has 0 spiro atoms. The molecular formula is C26H27N3O6. The molecule has 1 saturated carbocycles. The molecular weight excluding hydrogens is 450 g/mol. The SMILES string of the molecule is O=C(CN1C(=O)N(c2ccccc2)C(=O)C2OC3CCCCC3C21)NCc1ccc2c(c1)OCO2.